The predicted octanol–water partition coefficient (Wildman–Crippen LogP) is 12.8. The van der Waals surface area contributed by atoms with Gasteiger partial charge in [0.2, 0.25) is 5.95 Å². The zero-order valence-electron chi connectivity index (χ0n) is 68.3. The molecule has 0 spiro atoms. The summed E-state index contributed by atoms with van der Waals surface area (Å²) in [5.41, 5.74) is -0.966. The summed E-state index contributed by atoms with van der Waals surface area (Å²) in [6.45, 7) is 26.1. The number of halogens is 13. The minimum absolute atomic E-state index is 0.00981. The number of hydrogen-bond donors (Lipinski definition) is 6. The maximum atomic E-state index is 15.7. The Kier molecular flexibility index (Phi) is 28.2. The molecule has 15 rings (SSSR count). The van der Waals surface area contributed by atoms with Gasteiger partial charge in [-0.25, -0.2) is 27.5 Å². The van der Waals surface area contributed by atoms with Crippen molar-refractivity contribution in [2.45, 2.75) is 57.5 Å². The third-order valence-corrected chi connectivity index (χ3v) is 22.5. The number of rotatable bonds is 17. The van der Waals surface area contributed by atoms with Gasteiger partial charge in [-0.15, -0.1) is 0 Å². The van der Waals surface area contributed by atoms with Crippen LogP contribution in [0, 0.1) is 23.3 Å². The Balaban J connectivity index is 0.000000159. The monoisotopic (exact) mass is 1720 g/mol. The maximum Gasteiger partial charge on any atom is 0.418 e. The lowest BCUT2D eigenvalue weighted by molar-refractivity contribution is -0.137. The Hall–Kier alpha value is -11.2. The number of benzene rings is 4. The summed E-state index contributed by atoms with van der Waals surface area (Å²) in [7, 11) is 5.92. The number of aromatic amines is 1. The standard InChI is InChI=1S/C30H32F5N5O2.C29H32F4N6O2.C27H31F4N7O2/c1-19-13-24(30(33,34)35)23(17-36-19)29(41)37-27-15-22(26(32)16-28(27)40-7-5-38(2)6-8-40)21-14-20(3-4-25(21)31)18-39-9-11-42-12-10-39;1-19-13-24(29(31,32)33)23(17-34-19)28(40)36-26-14-22(25(30)15-27(26)39-7-5-37(2)6-8-39)20-3-4-21(35-16-20)18-38-9-11-41-12-10-38;1-16-14-38(15-17(2)36(16)3)24-9-22(28)19(18-10-33-26(34-11-18)37-4-6-40-7-5-37)8-23(24)35-25(39)20-12-32-13-21(20)27(29,30)31/h3-4,13-17,36H,1,5-12,18H2,2H3,(H,37,41);3-4,13-17,34H,1,5-12,18H2,2H3,(H,36,40);8-13,16-17,32H,4-7,14-15H2,1-3H3,(H,35,39)/t;;16-,17+. The highest BCUT2D eigenvalue weighted by Gasteiger charge is 2.43. The van der Waals surface area contributed by atoms with Crippen molar-refractivity contribution in [1.29, 1.82) is 0 Å². The molecule has 4 aromatic carbocycles. The van der Waals surface area contributed by atoms with Gasteiger partial charge in [0.05, 0.1) is 113 Å². The van der Waals surface area contributed by atoms with Crippen molar-refractivity contribution in [3.05, 3.63) is 215 Å². The van der Waals surface area contributed by atoms with Crippen molar-refractivity contribution in [2.75, 3.05) is 201 Å². The van der Waals surface area contributed by atoms with Crippen LogP contribution in [0.5, 0.6) is 0 Å². The lowest BCUT2D eigenvalue weighted by Crippen LogP contribution is -2.55. The van der Waals surface area contributed by atoms with Crippen molar-refractivity contribution in [1.82, 2.24) is 55.1 Å². The number of ether oxygens (including phenoxy) is 3. The number of anilines is 7. The van der Waals surface area contributed by atoms with Crippen LogP contribution in [-0.2, 0) is 43.1 Å². The molecule has 37 heteroatoms. The normalized spacial score (nSPS) is 19.4. The Morgan fingerprint density at radius 2 is 0.894 bits per heavy atom. The number of morpholine rings is 3. The van der Waals surface area contributed by atoms with E-state index in [2.05, 4.69) is 84.2 Å². The van der Waals surface area contributed by atoms with E-state index >= 15 is 17.6 Å². The van der Waals surface area contributed by atoms with Crippen LogP contribution in [0.15, 0.2) is 169 Å². The van der Waals surface area contributed by atoms with Crippen LogP contribution in [0.4, 0.5) is 97.1 Å². The largest absolute Gasteiger partial charge is 0.418 e. The van der Waals surface area contributed by atoms with Gasteiger partial charge in [0, 0.05) is 218 Å². The number of allylic oxidation sites excluding steroid dienone is 2. The molecule has 24 nitrogen and oxygen atoms in total. The summed E-state index contributed by atoms with van der Waals surface area (Å²) >= 11 is 0. The maximum absolute atomic E-state index is 15.7. The highest BCUT2D eigenvalue weighted by Crippen LogP contribution is 2.43. The Morgan fingerprint density at radius 3 is 1.37 bits per heavy atom. The van der Waals surface area contributed by atoms with Crippen LogP contribution < -0.4 is 46.2 Å². The fourth-order valence-corrected chi connectivity index (χ4v) is 15.3. The van der Waals surface area contributed by atoms with E-state index in [4.69, 9.17) is 14.2 Å². The summed E-state index contributed by atoms with van der Waals surface area (Å²) < 4.78 is 201. The number of hydrogen-bond acceptors (Lipinski definition) is 20. The molecule has 0 unspecified atom stereocenters. The highest BCUT2D eigenvalue weighted by atomic mass is 19.4. The molecule has 7 aromatic rings. The number of dihydropyridines is 2. The minimum Gasteiger partial charge on any atom is -0.379 e. The second-order valence-electron chi connectivity index (χ2n) is 31.1. The second kappa shape index (κ2) is 38.7. The van der Waals surface area contributed by atoms with Crippen LogP contribution in [-0.4, -0.2) is 252 Å². The number of aromatic nitrogens is 4. The molecule has 6 fully saturated rings. The van der Waals surface area contributed by atoms with Crippen LogP contribution >= 0.6 is 0 Å². The number of piperazine rings is 3. The van der Waals surface area contributed by atoms with Gasteiger partial charge in [0.15, 0.2) is 0 Å². The number of carbonyl (C=O) groups is 3. The molecule has 8 aliphatic rings. The van der Waals surface area contributed by atoms with Gasteiger partial charge in [-0.05, 0) is 107 Å². The van der Waals surface area contributed by atoms with Crippen LogP contribution in [0.25, 0.3) is 33.4 Å². The zero-order valence-corrected chi connectivity index (χ0v) is 68.3. The summed E-state index contributed by atoms with van der Waals surface area (Å²) in [5.74, 6) is -4.95. The van der Waals surface area contributed by atoms with Crippen LogP contribution in [0.3, 0.4) is 0 Å². The number of nitrogens with one attached hydrogen (secondary N) is 6. The van der Waals surface area contributed by atoms with E-state index in [0.717, 1.165) is 61.3 Å². The molecule has 0 saturated carbocycles. The van der Waals surface area contributed by atoms with Crippen molar-refractivity contribution in [3.8, 4) is 33.4 Å². The van der Waals surface area contributed by atoms with E-state index in [-0.39, 0.29) is 62.8 Å². The highest BCUT2D eigenvalue weighted by molar-refractivity contribution is 6.11. The van der Waals surface area contributed by atoms with E-state index in [0.29, 0.717) is 178 Å². The van der Waals surface area contributed by atoms with E-state index < -0.39 is 92.9 Å². The molecular weight excluding hydrogens is 1630 g/mol. The molecule has 0 radical (unpaired) electrons. The molecule has 2 atom stereocenters. The number of carbonyl (C=O) groups excluding carboxylic acids is 3. The lowest BCUT2D eigenvalue weighted by Gasteiger charge is -2.44. The van der Waals surface area contributed by atoms with Crippen molar-refractivity contribution >= 4 is 57.8 Å². The number of pyridine rings is 1. The smallest absolute Gasteiger partial charge is 0.379 e. The van der Waals surface area contributed by atoms with Gasteiger partial charge in [-0.1, -0.05) is 25.3 Å². The molecule has 11 heterocycles. The SMILES string of the molecule is C=C1C=C(C(F)(F)F)C(C(=O)Nc2cc(-c3cc(CN4CCOCC4)ccc3F)c(F)cc2N2CCN(C)CC2)=CN1.C=C1C=C(C(F)(F)F)C(C(=O)Nc2cc(-c3ccc(CN4CCOCC4)nc3)c(F)cc2N2CCN(C)CC2)=CN1.C[C@@H]1CN(c2cc(F)c(-c3cnc(N4CCOCC4)nc3)cc2NC(=O)c2c[nH]cc2C(F)(F)F)C[C@H](C)N1C. The lowest BCUT2D eigenvalue weighted by atomic mass is 9.98. The Morgan fingerprint density at radius 1 is 0.463 bits per heavy atom. The molecule has 3 amide bonds. The van der Waals surface area contributed by atoms with E-state index in [9.17, 15) is 53.9 Å². The quantitative estimate of drug-likeness (QED) is 0.0467. The van der Waals surface area contributed by atoms with Gasteiger partial charge in [0.1, 0.15) is 23.3 Å². The molecule has 3 aromatic heterocycles. The average Bonchev–Trinajstić information content (AvgIpc) is 1.22. The summed E-state index contributed by atoms with van der Waals surface area (Å²) in [5, 5.41) is 12.9. The number of nitrogens with zero attached hydrogens (tertiary/aromatic N) is 12. The summed E-state index contributed by atoms with van der Waals surface area (Å²) in [4.78, 5) is 73.7. The molecular formula is C86H95F13N18O6. The molecule has 6 saturated heterocycles. The second-order valence-corrected chi connectivity index (χ2v) is 31.1. The first-order chi connectivity index (χ1) is 58.6. The first-order valence-electron chi connectivity index (χ1n) is 40.0. The number of likely N-dealkylation sites (N-methyl/N-ethyl adjacent to an activating group) is 3. The molecule has 0 bridgehead atoms. The molecule has 123 heavy (non-hydrogen) atoms. The van der Waals surface area contributed by atoms with E-state index in [1.807, 2.05) is 60.7 Å². The first kappa shape index (κ1) is 89.6. The third kappa shape index (κ3) is 22.1. The number of alkyl halides is 9. The topological polar surface area (TPSA) is 223 Å². The van der Waals surface area contributed by atoms with Gasteiger partial charge in [-0.3, -0.25) is 34.1 Å². The summed E-state index contributed by atoms with van der Waals surface area (Å²) in [6.07, 6.45) is -4.53. The van der Waals surface area contributed by atoms with Crippen molar-refractivity contribution in [3.63, 3.8) is 0 Å². The van der Waals surface area contributed by atoms with Gasteiger partial charge in [0.25, 0.3) is 17.7 Å². The van der Waals surface area contributed by atoms with Crippen LogP contribution in [0.1, 0.15) is 41.0 Å². The molecule has 0 aliphatic carbocycles. The van der Waals surface area contributed by atoms with Crippen molar-refractivity contribution in [2.24, 2.45) is 0 Å². The fraction of sp³-hybridized carbons (Fsp3) is 0.395. The molecule has 6 N–H and O–H groups in total. The van der Waals surface area contributed by atoms with E-state index in [1.165, 1.54) is 54.9 Å². The number of amides is 3. The van der Waals surface area contributed by atoms with Crippen molar-refractivity contribution < 1.29 is 85.7 Å². The third-order valence-electron chi connectivity index (χ3n) is 22.5. The molecule has 8 aliphatic heterocycles. The fourth-order valence-electron chi connectivity index (χ4n) is 15.3. The minimum atomic E-state index is -4.81. The average molecular weight is 1720 g/mol. The first-order valence-corrected chi connectivity index (χ1v) is 40.0. The van der Waals surface area contributed by atoms with Crippen LogP contribution in [0.2, 0.25) is 0 Å². The Labute approximate surface area is 702 Å². The number of H-pyrrole nitrogens is 1. The molecule has 656 valence electrons. The Bertz CT molecular complexity index is 5130. The summed E-state index contributed by atoms with van der Waals surface area (Å²) in [6, 6.07) is 16.3. The van der Waals surface area contributed by atoms with Gasteiger partial charge < -0.3 is 75.2 Å². The van der Waals surface area contributed by atoms with Gasteiger partial charge >= 0.3 is 18.5 Å². The van der Waals surface area contributed by atoms with Gasteiger partial charge in [-0.2, -0.15) is 39.5 Å². The zero-order chi connectivity index (χ0) is 87.8. The van der Waals surface area contributed by atoms with E-state index in [1.54, 1.807) is 24.4 Å². The predicted molar refractivity (Wildman–Crippen MR) is 442 cm³/mol.